The lowest BCUT2D eigenvalue weighted by Gasteiger charge is -2.36. The Morgan fingerprint density at radius 1 is 1.06 bits per heavy atom. The summed E-state index contributed by atoms with van der Waals surface area (Å²) >= 11 is 0. The average molecular weight is 247 g/mol. The van der Waals surface area contributed by atoms with E-state index in [0.29, 0.717) is 32.5 Å². The smallest absolute Gasteiger partial charge is 0.0891 e. The third-order valence-corrected chi connectivity index (χ3v) is 2.29. The highest BCUT2D eigenvalue weighted by Crippen LogP contribution is 2.11. The zero-order valence-corrected chi connectivity index (χ0v) is 12.2. The fourth-order valence-electron chi connectivity index (χ4n) is 1.76. The summed E-state index contributed by atoms with van der Waals surface area (Å²) in [4.78, 5) is 0. The minimum atomic E-state index is -0.261. The Balaban J connectivity index is 4.55. The molecule has 0 saturated carbocycles. The second-order valence-electron chi connectivity index (χ2n) is 5.01. The van der Waals surface area contributed by atoms with Gasteiger partial charge in [-0.2, -0.15) is 0 Å². The molecule has 1 unspecified atom stereocenters. The van der Waals surface area contributed by atoms with Crippen LogP contribution in [-0.2, 0) is 14.2 Å². The van der Waals surface area contributed by atoms with Crippen LogP contribution in [0.5, 0.6) is 0 Å². The number of rotatable bonds is 10. The van der Waals surface area contributed by atoms with Gasteiger partial charge in [-0.1, -0.05) is 13.8 Å². The van der Waals surface area contributed by atoms with E-state index in [9.17, 15) is 0 Å². The molecule has 0 saturated heterocycles. The monoisotopic (exact) mass is 247 g/mol. The van der Waals surface area contributed by atoms with E-state index in [2.05, 4.69) is 19.2 Å². The lowest BCUT2D eigenvalue weighted by Crippen LogP contribution is -2.58. The first-order valence-electron chi connectivity index (χ1n) is 6.41. The van der Waals surface area contributed by atoms with Crippen LogP contribution in [0.15, 0.2) is 0 Å². The van der Waals surface area contributed by atoms with Crippen LogP contribution in [0.4, 0.5) is 0 Å². The van der Waals surface area contributed by atoms with E-state index in [0.717, 1.165) is 0 Å². The molecule has 0 heterocycles. The van der Waals surface area contributed by atoms with E-state index in [-0.39, 0.29) is 11.6 Å². The van der Waals surface area contributed by atoms with Gasteiger partial charge in [0.25, 0.3) is 0 Å². The van der Waals surface area contributed by atoms with Crippen molar-refractivity contribution in [1.82, 2.24) is 5.32 Å². The summed E-state index contributed by atoms with van der Waals surface area (Å²) in [5, 5.41) is 3.51. The van der Waals surface area contributed by atoms with Crippen LogP contribution in [-0.4, -0.2) is 51.2 Å². The Morgan fingerprint density at radius 3 is 2.12 bits per heavy atom. The first-order chi connectivity index (χ1) is 7.95. The molecule has 0 aliphatic heterocycles. The molecule has 4 heteroatoms. The van der Waals surface area contributed by atoms with Gasteiger partial charge in [-0.05, 0) is 20.8 Å². The molecule has 0 aliphatic carbocycles. The highest BCUT2D eigenvalue weighted by atomic mass is 16.5. The maximum atomic E-state index is 5.74. The number of ether oxygens (including phenoxy) is 3. The van der Waals surface area contributed by atoms with Gasteiger partial charge >= 0.3 is 0 Å². The maximum absolute atomic E-state index is 5.74. The zero-order valence-electron chi connectivity index (χ0n) is 12.2. The molecule has 0 aliphatic rings. The van der Waals surface area contributed by atoms with Gasteiger partial charge in [-0.25, -0.2) is 0 Å². The number of methoxy groups -OCH3 is 1. The summed E-state index contributed by atoms with van der Waals surface area (Å²) in [5.74, 6) is 0. The Bertz CT molecular complexity index is 186. The molecule has 1 N–H and O–H groups in total. The maximum Gasteiger partial charge on any atom is 0.0891 e. The Labute approximate surface area is 106 Å². The number of hydrogen-bond donors (Lipinski definition) is 1. The van der Waals surface area contributed by atoms with Gasteiger partial charge in [0.05, 0.1) is 31.5 Å². The van der Waals surface area contributed by atoms with Gasteiger partial charge in [-0.15, -0.1) is 0 Å². The fourth-order valence-corrected chi connectivity index (χ4v) is 1.76. The Morgan fingerprint density at radius 2 is 1.71 bits per heavy atom. The third kappa shape index (κ3) is 7.71. The van der Waals surface area contributed by atoms with Crippen molar-refractivity contribution in [2.75, 3.05) is 33.5 Å². The lowest BCUT2D eigenvalue weighted by atomic mass is 10.0. The molecule has 0 bridgehead atoms. The lowest BCUT2D eigenvalue weighted by molar-refractivity contribution is -0.0462. The van der Waals surface area contributed by atoms with Gasteiger partial charge in [0.2, 0.25) is 0 Å². The van der Waals surface area contributed by atoms with E-state index < -0.39 is 0 Å². The van der Waals surface area contributed by atoms with E-state index in [1.54, 1.807) is 7.11 Å². The minimum absolute atomic E-state index is 0.210. The highest BCUT2D eigenvalue weighted by molar-refractivity contribution is 4.89. The normalized spacial score (nSPS) is 15.5. The van der Waals surface area contributed by atoms with E-state index in [1.165, 1.54) is 0 Å². The molecular weight excluding hydrogens is 218 g/mol. The van der Waals surface area contributed by atoms with Crippen molar-refractivity contribution in [1.29, 1.82) is 0 Å². The van der Waals surface area contributed by atoms with Crippen molar-refractivity contribution in [2.45, 2.75) is 52.3 Å². The summed E-state index contributed by atoms with van der Waals surface area (Å²) in [6, 6.07) is 0.362. The van der Waals surface area contributed by atoms with Crippen molar-refractivity contribution < 1.29 is 14.2 Å². The molecule has 4 nitrogen and oxygen atoms in total. The molecule has 17 heavy (non-hydrogen) atoms. The average Bonchev–Trinajstić information content (AvgIpc) is 2.23. The highest BCUT2D eigenvalue weighted by Gasteiger charge is 2.32. The molecule has 0 aromatic rings. The third-order valence-electron chi connectivity index (χ3n) is 2.29. The summed E-state index contributed by atoms with van der Waals surface area (Å²) < 4.78 is 16.6. The van der Waals surface area contributed by atoms with Crippen molar-refractivity contribution in [3.8, 4) is 0 Å². The van der Waals surface area contributed by atoms with Crippen molar-refractivity contribution >= 4 is 0 Å². The van der Waals surface area contributed by atoms with Crippen molar-refractivity contribution in [3.05, 3.63) is 0 Å². The molecule has 0 aromatic heterocycles. The predicted molar refractivity (Wildman–Crippen MR) is 70.5 cm³/mol. The van der Waals surface area contributed by atoms with Crippen LogP contribution < -0.4 is 5.32 Å². The minimum Gasteiger partial charge on any atom is -0.383 e. The Hall–Kier alpha value is -0.160. The van der Waals surface area contributed by atoms with Crippen LogP contribution in [0.2, 0.25) is 0 Å². The fraction of sp³-hybridized carbons (Fsp3) is 1.00. The van der Waals surface area contributed by atoms with Crippen LogP contribution in [0.25, 0.3) is 0 Å². The van der Waals surface area contributed by atoms with Crippen LogP contribution in [0, 0.1) is 0 Å². The summed E-state index contributed by atoms with van der Waals surface area (Å²) in [6.07, 6.45) is 0.210. The van der Waals surface area contributed by atoms with Crippen molar-refractivity contribution in [2.24, 2.45) is 0 Å². The van der Waals surface area contributed by atoms with Crippen LogP contribution >= 0.6 is 0 Å². The molecule has 0 amide bonds. The number of hydrogen-bond acceptors (Lipinski definition) is 4. The van der Waals surface area contributed by atoms with Crippen LogP contribution in [0.1, 0.15) is 34.6 Å². The molecular formula is C13H29NO3. The van der Waals surface area contributed by atoms with Gasteiger partial charge in [0, 0.05) is 19.8 Å². The van der Waals surface area contributed by atoms with Gasteiger partial charge in [0.1, 0.15) is 0 Å². The second-order valence-corrected chi connectivity index (χ2v) is 5.01. The van der Waals surface area contributed by atoms with E-state index in [1.807, 2.05) is 20.8 Å². The first-order valence-corrected chi connectivity index (χ1v) is 6.41. The van der Waals surface area contributed by atoms with E-state index in [4.69, 9.17) is 14.2 Å². The summed E-state index contributed by atoms with van der Waals surface area (Å²) in [5.41, 5.74) is -0.261. The van der Waals surface area contributed by atoms with Crippen LogP contribution in [0.3, 0.4) is 0 Å². The standard InChI is InChI=1S/C13H29NO3/c1-7-16-9-13(8-15-6,14-11(2)3)10-17-12(4)5/h11-12,14H,7-10H2,1-6H3. The molecule has 104 valence electrons. The van der Waals surface area contributed by atoms with Gasteiger partial charge < -0.3 is 19.5 Å². The summed E-state index contributed by atoms with van der Waals surface area (Å²) in [6.45, 7) is 12.8. The van der Waals surface area contributed by atoms with Gasteiger partial charge in [0.15, 0.2) is 0 Å². The SMILES string of the molecule is CCOCC(COC)(COC(C)C)NC(C)C. The molecule has 0 spiro atoms. The molecule has 1 atom stereocenters. The number of nitrogens with one attached hydrogen (secondary N) is 1. The quantitative estimate of drug-likeness (QED) is 0.639. The second kappa shape index (κ2) is 8.86. The molecule has 0 aromatic carbocycles. The zero-order chi connectivity index (χ0) is 13.3. The largest absolute Gasteiger partial charge is 0.383 e. The first kappa shape index (κ1) is 16.8. The van der Waals surface area contributed by atoms with Crippen molar-refractivity contribution in [3.63, 3.8) is 0 Å². The van der Waals surface area contributed by atoms with Gasteiger partial charge in [-0.3, -0.25) is 0 Å². The Kier molecular flexibility index (Phi) is 8.78. The van der Waals surface area contributed by atoms with E-state index >= 15 is 0 Å². The summed E-state index contributed by atoms with van der Waals surface area (Å²) in [7, 11) is 1.71. The molecule has 0 rings (SSSR count). The predicted octanol–water partition coefficient (Wildman–Crippen LogP) is 1.83. The topological polar surface area (TPSA) is 39.7 Å². The molecule has 0 fully saturated rings. The molecule has 0 radical (unpaired) electrons.